The van der Waals surface area contributed by atoms with Crippen LogP contribution in [0, 0.1) is 5.82 Å². The van der Waals surface area contributed by atoms with Crippen molar-refractivity contribution in [2.24, 2.45) is 0 Å². The third kappa shape index (κ3) is 2.17. The van der Waals surface area contributed by atoms with Gasteiger partial charge in [0.15, 0.2) is 0 Å². The lowest BCUT2D eigenvalue weighted by Crippen LogP contribution is -2.05. The van der Waals surface area contributed by atoms with Gasteiger partial charge < -0.3 is 9.84 Å². The minimum Gasteiger partial charge on any atom is -0.479 e. The van der Waals surface area contributed by atoms with Gasteiger partial charge in [-0.15, -0.1) is 0 Å². The molecule has 0 saturated carbocycles. The first-order valence-electron chi connectivity index (χ1n) is 5.21. The van der Waals surface area contributed by atoms with E-state index in [4.69, 9.17) is 9.84 Å². The van der Waals surface area contributed by atoms with Gasteiger partial charge in [0.2, 0.25) is 17.4 Å². The summed E-state index contributed by atoms with van der Waals surface area (Å²) >= 11 is 0. The van der Waals surface area contributed by atoms with Crippen molar-refractivity contribution in [1.29, 1.82) is 0 Å². The van der Waals surface area contributed by atoms with Gasteiger partial charge in [0.1, 0.15) is 0 Å². The average Bonchev–Trinajstić information content (AvgIpc) is 2.67. The topological polar surface area (TPSA) is 64.3 Å². The molecule has 0 aliphatic heterocycles. The Bertz CT molecular complexity index is 566. The molecule has 0 aliphatic carbocycles. The van der Waals surface area contributed by atoms with Crippen LogP contribution in [0.25, 0.3) is 0 Å². The molecule has 1 heterocycles. The summed E-state index contributed by atoms with van der Waals surface area (Å²) in [5, 5.41) is 12.5. The molecule has 0 radical (unpaired) electrons. The molecule has 0 unspecified atom stereocenters. The molecule has 0 atom stereocenters. The van der Waals surface area contributed by atoms with E-state index in [1.807, 2.05) is 30.3 Å². The van der Waals surface area contributed by atoms with Crippen LogP contribution in [-0.4, -0.2) is 28.0 Å². The van der Waals surface area contributed by atoms with Crippen molar-refractivity contribution >= 4 is 5.97 Å². The maximum atomic E-state index is 13.7. The van der Waals surface area contributed by atoms with Crippen LogP contribution in [0.3, 0.4) is 0 Å². The average molecular weight is 250 g/mol. The highest BCUT2D eigenvalue weighted by Gasteiger charge is 2.23. The molecule has 0 bridgehead atoms. The molecule has 1 aromatic heterocycles. The molecule has 18 heavy (non-hydrogen) atoms. The Labute approximate surface area is 102 Å². The Morgan fingerprint density at radius 2 is 2.11 bits per heavy atom. The molecule has 0 spiro atoms. The van der Waals surface area contributed by atoms with Crippen molar-refractivity contribution in [1.82, 2.24) is 9.78 Å². The number of nitrogens with zero attached hydrogens (tertiary/aromatic N) is 2. The fraction of sp³-hybridized carbons (Fsp3) is 0.167. The maximum Gasteiger partial charge on any atom is 0.359 e. The van der Waals surface area contributed by atoms with Gasteiger partial charge in [-0.05, 0) is 5.56 Å². The van der Waals surface area contributed by atoms with Crippen molar-refractivity contribution in [3.63, 3.8) is 0 Å². The van der Waals surface area contributed by atoms with Crippen LogP contribution in [0.1, 0.15) is 16.1 Å². The second kappa shape index (κ2) is 4.87. The molecular weight excluding hydrogens is 239 g/mol. The molecule has 2 aromatic rings. The summed E-state index contributed by atoms with van der Waals surface area (Å²) in [5.41, 5.74) is 0.234. The third-order valence-corrected chi connectivity index (χ3v) is 2.42. The molecule has 0 aliphatic rings. The number of methoxy groups -OCH3 is 1. The Morgan fingerprint density at radius 1 is 1.44 bits per heavy atom. The predicted molar refractivity (Wildman–Crippen MR) is 61.2 cm³/mol. The summed E-state index contributed by atoms with van der Waals surface area (Å²) in [7, 11) is 1.27. The van der Waals surface area contributed by atoms with Gasteiger partial charge in [-0.1, -0.05) is 30.3 Å². The lowest BCUT2D eigenvalue weighted by Gasteiger charge is -2.05. The van der Waals surface area contributed by atoms with Crippen molar-refractivity contribution in [2.45, 2.75) is 6.54 Å². The van der Waals surface area contributed by atoms with Crippen LogP contribution >= 0.6 is 0 Å². The van der Waals surface area contributed by atoms with Gasteiger partial charge >= 0.3 is 5.97 Å². The van der Waals surface area contributed by atoms with Crippen LogP contribution in [0.15, 0.2) is 30.3 Å². The van der Waals surface area contributed by atoms with Crippen LogP contribution in [0.5, 0.6) is 5.88 Å². The fourth-order valence-corrected chi connectivity index (χ4v) is 1.62. The quantitative estimate of drug-likeness (QED) is 0.898. The van der Waals surface area contributed by atoms with Crippen molar-refractivity contribution < 1.29 is 19.0 Å². The van der Waals surface area contributed by atoms with Crippen molar-refractivity contribution in [3.8, 4) is 5.88 Å². The van der Waals surface area contributed by atoms with E-state index in [0.717, 1.165) is 5.56 Å². The number of rotatable bonds is 4. The van der Waals surface area contributed by atoms with Gasteiger partial charge in [0, 0.05) is 0 Å². The number of carboxylic acid groups (broad SMARTS) is 1. The van der Waals surface area contributed by atoms with Crippen LogP contribution < -0.4 is 4.74 Å². The van der Waals surface area contributed by atoms with Crippen molar-refractivity contribution in [2.75, 3.05) is 7.11 Å². The first kappa shape index (κ1) is 12.1. The van der Waals surface area contributed by atoms with Gasteiger partial charge in [-0.25, -0.2) is 9.48 Å². The smallest absolute Gasteiger partial charge is 0.359 e. The Balaban J connectivity index is 2.39. The van der Waals surface area contributed by atoms with E-state index in [1.54, 1.807) is 0 Å². The zero-order valence-corrected chi connectivity index (χ0v) is 9.63. The zero-order valence-electron chi connectivity index (χ0n) is 9.63. The molecular formula is C12H11FN2O3. The van der Waals surface area contributed by atoms with E-state index >= 15 is 0 Å². The Hall–Kier alpha value is -2.37. The van der Waals surface area contributed by atoms with Gasteiger partial charge in [0.25, 0.3) is 0 Å². The predicted octanol–water partition coefficient (Wildman–Crippen LogP) is 1.78. The van der Waals surface area contributed by atoms with Crippen LogP contribution in [0.4, 0.5) is 4.39 Å². The largest absolute Gasteiger partial charge is 0.479 e. The molecule has 1 N–H and O–H groups in total. The lowest BCUT2D eigenvalue weighted by atomic mass is 10.2. The molecule has 0 fully saturated rings. The molecule has 0 saturated heterocycles. The van der Waals surface area contributed by atoms with E-state index < -0.39 is 17.5 Å². The van der Waals surface area contributed by atoms with E-state index in [9.17, 15) is 9.18 Å². The van der Waals surface area contributed by atoms with Crippen molar-refractivity contribution in [3.05, 3.63) is 47.4 Å². The SMILES string of the molecule is COc1c(F)c(C(=O)O)nn1Cc1ccccc1. The molecule has 1 aromatic carbocycles. The number of carbonyl (C=O) groups is 1. The third-order valence-electron chi connectivity index (χ3n) is 2.42. The first-order chi connectivity index (χ1) is 8.63. The number of carboxylic acids is 1. The van der Waals surface area contributed by atoms with Gasteiger partial charge in [-0.3, -0.25) is 0 Å². The summed E-state index contributed by atoms with van der Waals surface area (Å²) in [5.74, 6) is -2.56. The molecule has 6 heteroatoms. The monoisotopic (exact) mass is 250 g/mol. The highest BCUT2D eigenvalue weighted by Crippen LogP contribution is 2.21. The van der Waals surface area contributed by atoms with Gasteiger partial charge in [0.05, 0.1) is 13.7 Å². The van der Waals surface area contributed by atoms with Crippen LogP contribution in [0.2, 0.25) is 0 Å². The molecule has 0 amide bonds. The van der Waals surface area contributed by atoms with E-state index in [-0.39, 0.29) is 12.4 Å². The summed E-state index contributed by atoms with van der Waals surface area (Å²) in [6.07, 6.45) is 0. The summed E-state index contributed by atoms with van der Waals surface area (Å²) < 4.78 is 19.7. The molecule has 2 rings (SSSR count). The summed E-state index contributed by atoms with van der Waals surface area (Å²) in [6, 6.07) is 9.19. The standard InChI is InChI=1S/C12H11FN2O3/c1-18-11-9(13)10(12(16)17)14-15(11)7-8-5-3-2-4-6-8/h2-6H,7H2,1H3,(H,16,17). The van der Waals surface area contributed by atoms with Crippen LogP contribution in [-0.2, 0) is 6.54 Å². The zero-order chi connectivity index (χ0) is 13.1. The van der Waals surface area contributed by atoms with E-state index in [1.165, 1.54) is 11.8 Å². The normalized spacial score (nSPS) is 10.3. The first-order valence-corrected chi connectivity index (χ1v) is 5.21. The van der Waals surface area contributed by atoms with E-state index in [0.29, 0.717) is 0 Å². The number of halogens is 1. The number of benzene rings is 1. The number of aromatic carboxylic acids is 1. The summed E-state index contributed by atoms with van der Waals surface area (Å²) in [4.78, 5) is 10.8. The lowest BCUT2D eigenvalue weighted by molar-refractivity contribution is 0.0684. The molecule has 94 valence electrons. The fourth-order valence-electron chi connectivity index (χ4n) is 1.62. The highest BCUT2D eigenvalue weighted by atomic mass is 19.1. The van der Waals surface area contributed by atoms with E-state index in [2.05, 4.69) is 5.10 Å². The minimum atomic E-state index is -1.42. The second-order valence-electron chi connectivity index (χ2n) is 3.62. The Morgan fingerprint density at radius 3 is 2.67 bits per heavy atom. The highest BCUT2D eigenvalue weighted by molar-refractivity contribution is 5.86. The maximum absolute atomic E-state index is 13.7. The number of aromatic nitrogens is 2. The molecule has 5 nitrogen and oxygen atoms in total. The van der Waals surface area contributed by atoms with Gasteiger partial charge in [-0.2, -0.15) is 9.49 Å². The number of ether oxygens (including phenoxy) is 1. The second-order valence-corrected chi connectivity index (χ2v) is 3.62. The minimum absolute atomic E-state index is 0.184. The number of hydrogen-bond acceptors (Lipinski definition) is 3. The Kier molecular flexibility index (Phi) is 3.27. The summed E-state index contributed by atoms with van der Waals surface area (Å²) in [6.45, 7) is 0.244. The number of hydrogen-bond donors (Lipinski definition) is 1.